The molecule has 5 heteroatoms. The molecule has 0 amide bonds. The van der Waals surface area contributed by atoms with E-state index in [0.29, 0.717) is 5.56 Å². The summed E-state index contributed by atoms with van der Waals surface area (Å²) in [6, 6.07) is 2.83. The largest absolute Gasteiger partial charge is 0.504 e. The summed E-state index contributed by atoms with van der Waals surface area (Å²) >= 11 is 0. The molecule has 0 radical (unpaired) electrons. The van der Waals surface area contributed by atoms with E-state index in [1.165, 1.54) is 12.1 Å². The maximum Gasteiger partial charge on any atom is 0.200 e. The van der Waals surface area contributed by atoms with Gasteiger partial charge in [0.25, 0.3) is 0 Å². The zero-order valence-corrected chi connectivity index (χ0v) is 8.69. The number of benzene rings is 1. The van der Waals surface area contributed by atoms with Crippen molar-refractivity contribution in [3.05, 3.63) is 17.7 Å². The molecular formula is C10H15NO4. The quantitative estimate of drug-likeness (QED) is 0.443. The van der Waals surface area contributed by atoms with Crippen molar-refractivity contribution in [1.29, 1.82) is 0 Å². The molecule has 0 aliphatic heterocycles. The average Bonchev–Trinajstić information content (AvgIpc) is 2.13. The summed E-state index contributed by atoms with van der Waals surface area (Å²) in [5.41, 5.74) is -0.0902. The molecule has 0 heterocycles. The third-order valence-electron chi connectivity index (χ3n) is 2.30. The van der Waals surface area contributed by atoms with Gasteiger partial charge in [-0.2, -0.15) is 0 Å². The normalized spacial score (nSPS) is 11.7. The molecule has 0 saturated heterocycles. The maximum absolute atomic E-state index is 9.63. The minimum Gasteiger partial charge on any atom is -0.504 e. The summed E-state index contributed by atoms with van der Waals surface area (Å²) in [5, 5.41) is 28.1. The Hall–Kier alpha value is -1.46. The first-order valence-corrected chi connectivity index (χ1v) is 4.46. The standard InChI is InChI=1S/C10H15NO4/c1-10(2,5-15-11)6-3-4-7(12)9(14)8(6)13/h3-4,12-14H,5,11H2,1-2H3. The van der Waals surface area contributed by atoms with E-state index >= 15 is 0 Å². The van der Waals surface area contributed by atoms with Crippen LogP contribution in [0.4, 0.5) is 0 Å². The van der Waals surface area contributed by atoms with E-state index < -0.39 is 11.2 Å². The topological polar surface area (TPSA) is 95.9 Å². The highest BCUT2D eigenvalue weighted by Crippen LogP contribution is 2.42. The summed E-state index contributed by atoms with van der Waals surface area (Å²) < 4.78 is 0. The fraction of sp³-hybridized carbons (Fsp3) is 0.400. The van der Waals surface area contributed by atoms with Crippen LogP contribution in [0.2, 0.25) is 0 Å². The Morgan fingerprint density at radius 1 is 1.20 bits per heavy atom. The molecule has 0 unspecified atom stereocenters. The second kappa shape index (κ2) is 3.96. The molecule has 5 nitrogen and oxygen atoms in total. The smallest absolute Gasteiger partial charge is 0.200 e. The van der Waals surface area contributed by atoms with Crippen LogP contribution in [0.1, 0.15) is 19.4 Å². The fourth-order valence-electron chi connectivity index (χ4n) is 1.40. The molecule has 1 aromatic carbocycles. The van der Waals surface area contributed by atoms with Crippen LogP contribution in [0, 0.1) is 0 Å². The highest BCUT2D eigenvalue weighted by molar-refractivity contribution is 5.55. The van der Waals surface area contributed by atoms with Crippen LogP contribution in [0.25, 0.3) is 0 Å². The third-order valence-corrected chi connectivity index (χ3v) is 2.30. The summed E-state index contributed by atoms with van der Waals surface area (Å²) in [6.07, 6.45) is 0. The van der Waals surface area contributed by atoms with E-state index in [4.69, 9.17) is 11.0 Å². The highest BCUT2D eigenvalue weighted by Gasteiger charge is 2.26. The first kappa shape index (κ1) is 11.6. The monoisotopic (exact) mass is 213 g/mol. The lowest BCUT2D eigenvalue weighted by Crippen LogP contribution is -2.26. The highest BCUT2D eigenvalue weighted by atomic mass is 16.6. The Balaban J connectivity index is 3.21. The number of aromatic hydroxyl groups is 3. The molecule has 0 aromatic heterocycles. The summed E-state index contributed by atoms with van der Waals surface area (Å²) in [7, 11) is 0. The molecule has 0 fully saturated rings. The maximum atomic E-state index is 9.63. The molecule has 0 aliphatic carbocycles. The van der Waals surface area contributed by atoms with Crippen LogP contribution in [-0.4, -0.2) is 21.9 Å². The van der Waals surface area contributed by atoms with Crippen LogP contribution in [0.15, 0.2) is 12.1 Å². The van der Waals surface area contributed by atoms with E-state index in [0.717, 1.165) is 0 Å². The van der Waals surface area contributed by atoms with Gasteiger partial charge in [0.15, 0.2) is 11.5 Å². The van der Waals surface area contributed by atoms with Crippen molar-refractivity contribution in [2.75, 3.05) is 6.61 Å². The predicted molar refractivity (Wildman–Crippen MR) is 54.6 cm³/mol. The third kappa shape index (κ3) is 2.14. The van der Waals surface area contributed by atoms with E-state index in [2.05, 4.69) is 4.84 Å². The van der Waals surface area contributed by atoms with Crippen molar-refractivity contribution in [2.24, 2.45) is 5.90 Å². The van der Waals surface area contributed by atoms with Gasteiger partial charge in [0.05, 0.1) is 6.61 Å². The van der Waals surface area contributed by atoms with Crippen LogP contribution >= 0.6 is 0 Å². The molecule has 1 aromatic rings. The lowest BCUT2D eigenvalue weighted by atomic mass is 9.84. The summed E-state index contributed by atoms with van der Waals surface area (Å²) in [4.78, 5) is 4.53. The molecule has 0 saturated carbocycles. The van der Waals surface area contributed by atoms with Gasteiger partial charge in [-0.25, -0.2) is 5.90 Å². The fourth-order valence-corrected chi connectivity index (χ4v) is 1.40. The predicted octanol–water partition coefficient (Wildman–Crippen LogP) is 0.971. The molecule has 15 heavy (non-hydrogen) atoms. The number of hydrogen-bond donors (Lipinski definition) is 4. The van der Waals surface area contributed by atoms with E-state index in [-0.39, 0.29) is 18.1 Å². The van der Waals surface area contributed by atoms with Gasteiger partial charge in [0.2, 0.25) is 5.75 Å². The second-order valence-electron chi connectivity index (χ2n) is 4.02. The van der Waals surface area contributed by atoms with Crippen LogP contribution in [0.5, 0.6) is 17.2 Å². The molecular weight excluding hydrogens is 198 g/mol. The van der Waals surface area contributed by atoms with Gasteiger partial charge in [-0.15, -0.1) is 0 Å². The van der Waals surface area contributed by atoms with Crippen molar-refractivity contribution in [3.63, 3.8) is 0 Å². The summed E-state index contributed by atoms with van der Waals surface area (Å²) in [6.45, 7) is 3.78. The molecule has 0 aliphatic rings. The molecule has 0 spiro atoms. The van der Waals surface area contributed by atoms with Gasteiger partial charge in [-0.05, 0) is 6.07 Å². The molecule has 84 valence electrons. The minimum atomic E-state index is -0.552. The van der Waals surface area contributed by atoms with Crippen molar-refractivity contribution < 1.29 is 20.2 Å². The zero-order valence-electron chi connectivity index (χ0n) is 8.69. The molecule has 0 atom stereocenters. The van der Waals surface area contributed by atoms with Crippen molar-refractivity contribution in [1.82, 2.24) is 0 Å². The average molecular weight is 213 g/mol. The van der Waals surface area contributed by atoms with Gasteiger partial charge in [-0.3, -0.25) is 0 Å². The van der Waals surface area contributed by atoms with Gasteiger partial charge >= 0.3 is 0 Å². The van der Waals surface area contributed by atoms with Gasteiger partial charge in [0, 0.05) is 11.0 Å². The van der Waals surface area contributed by atoms with Crippen LogP contribution in [-0.2, 0) is 10.3 Å². The SMILES string of the molecule is CC(C)(CON)c1ccc(O)c(O)c1O. The van der Waals surface area contributed by atoms with Gasteiger partial charge in [-0.1, -0.05) is 19.9 Å². The minimum absolute atomic E-state index is 0.185. The molecule has 0 bridgehead atoms. The van der Waals surface area contributed by atoms with E-state index in [9.17, 15) is 10.2 Å². The number of nitrogens with two attached hydrogens (primary N) is 1. The van der Waals surface area contributed by atoms with Crippen LogP contribution in [0.3, 0.4) is 0 Å². The first-order chi connectivity index (χ1) is 6.90. The van der Waals surface area contributed by atoms with Gasteiger partial charge in [0.1, 0.15) is 0 Å². The number of phenolic OH excluding ortho intramolecular Hbond substituents is 3. The lowest BCUT2D eigenvalue weighted by Gasteiger charge is -2.24. The summed E-state index contributed by atoms with van der Waals surface area (Å²) in [5.74, 6) is 3.74. The van der Waals surface area contributed by atoms with E-state index in [1.807, 2.05) is 0 Å². The Bertz CT molecular complexity index is 363. The first-order valence-electron chi connectivity index (χ1n) is 4.46. The van der Waals surface area contributed by atoms with Crippen molar-refractivity contribution >= 4 is 0 Å². The number of hydrogen-bond acceptors (Lipinski definition) is 5. The van der Waals surface area contributed by atoms with Gasteiger partial charge < -0.3 is 20.2 Å². The van der Waals surface area contributed by atoms with E-state index in [1.54, 1.807) is 13.8 Å². The Morgan fingerprint density at radius 3 is 2.33 bits per heavy atom. The second-order valence-corrected chi connectivity index (χ2v) is 4.02. The Labute approximate surface area is 87.7 Å². The Kier molecular flexibility index (Phi) is 3.06. The Morgan fingerprint density at radius 2 is 1.80 bits per heavy atom. The number of rotatable bonds is 3. The lowest BCUT2D eigenvalue weighted by molar-refractivity contribution is 0.0952. The zero-order chi connectivity index (χ0) is 11.6. The molecule has 5 N–H and O–H groups in total. The molecule has 1 rings (SSSR count). The number of phenols is 3. The van der Waals surface area contributed by atoms with Crippen LogP contribution < -0.4 is 5.90 Å². The van der Waals surface area contributed by atoms with Crippen molar-refractivity contribution in [3.8, 4) is 17.2 Å². The van der Waals surface area contributed by atoms with Crippen molar-refractivity contribution in [2.45, 2.75) is 19.3 Å².